The van der Waals surface area contributed by atoms with Crippen molar-refractivity contribution in [1.82, 2.24) is 9.80 Å². The Kier molecular flexibility index (Phi) is 5.39. The van der Waals surface area contributed by atoms with Gasteiger partial charge in [0.15, 0.2) is 0 Å². The zero-order valence-electron chi connectivity index (χ0n) is 17.7. The van der Waals surface area contributed by atoms with Gasteiger partial charge in [0.25, 0.3) is 0 Å². The zero-order chi connectivity index (χ0) is 20.4. The van der Waals surface area contributed by atoms with Crippen molar-refractivity contribution in [3.8, 4) is 0 Å². The number of guanidine groups is 1. The molecular formula is C26H30N3+. The van der Waals surface area contributed by atoms with Gasteiger partial charge in [0.2, 0.25) is 0 Å². The Morgan fingerprint density at radius 3 is 1.83 bits per heavy atom. The Hall–Kier alpha value is -3.07. The van der Waals surface area contributed by atoms with E-state index in [0.29, 0.717) is 0 Å². The molecule has 0 amide bonds. The van der Waals surface area contributed by atoms with Crippen LogP contribution in [0.4, 0.5) is 0 Å². The molecule has 3 heteroatoms. The summed E-state index contributed by atoms with van der Waals surface area (Å²) in [5.74, 6) is 1.24. The fraction of sp³-hybridized carbons (Fsp3) is 0.269. The van der Waals surface area contributed by atoms with Crippen LogP contribution >= 0.6 is 0 Å². The summed E-state index contributed by atoms with van der Waals surface area (Å²) in [6, 6.07) is 33.2. The van der Waals surface area contributed by atoms with Crippen molar-refractivity contribution in [2.75, 3.05) is 21.1 Å². The maximum absolute atomic E-state index is 2.44. The van der Waals surface area contributed by atoms with E-state index in [1.165, 1.54) is 22.6 Å². The molecule has 0 N–H and O–H groups in total. The number of nitrogens with zero attached hydrogens (tertiary/aromatic N) is 3. The number of likely N-dealkylation sites (N-methyl/N-ethyl adjacent to an activating group) is 2. The van der Waals surface area contributed by atoms with E-state index in [9.17, 15) is 0 Å². The lowest BCUT2D eigenvalue weighted by molar-refractivity contribution is -0.543. The van der Waals surface area contributed by atoms with Gasteiger partial charge in [-0.1, -0.05) is 91.0 Å². The molecule has 0 saturated heterocycles. The first-order valence-corrected chi connectivity index (χ1v) is 10.3. The standard InChI is InChI=1S/C26H30N3/c1-20(21-14-8-5-9-15-21)27(2)26-28(3)24(22-16-10-6-11-17-22)25(29(26)4)23-18-12-7-13-19-23/h5-20,24-25H,1-4H3/q+1/t20-,24-,25-/m0/s1. The van der Waals surface area contributed by atoms with Crippen LogP contribution in [0.2, 0.25) is 0 Å². The van der Waals surface area contributed by atoms with Gasteiger partial charge in [-0.2, -0.15) is 0 Å². The van der Waals surface area contributed by atoms with Crippen LogP contribution in [0.15, 0.2) is 91.0 Å². The van der Waals surface area contributed by atoms with Crippen LogP contribution in [-0.2, 0) is 0 Å². The second-order valence-corrected chi connectivity index (χ2v) is 7.93. The third-order valence-electron chi connectivity index (χ3n) is 6.23. The molecule has 3 aromatic carbocycles. The second kappa shape index (κ2) is 8.12. The molecule has 1 aliphatic rings. The zero-order valence-corrected chi connectivity index (χ0v) is 17.7. The third kappa shape index (κ3) is 3.53. The molecule has 3 aromatic rings. The Morgan fingerprint density at radius 1 is 0.793 bits per heavy atom. The summed E-state index contributed by atoms with van der Waals surface area (Å²) >= 11 is 0. The van der Waals surface area contributed by atoms with Crippen molar-refractivity contribution in [2.24, 2.45) is 0 Å². The van der Waals surface area contributed by atoms with Crippen LogP contribution in [-0.4, -0.2) is 41.5 Å². The van der Waals surface area contributed by atoms with Crippen LogP contribution in [0, 0.1) is 0 Å². The molecule has 0 aliphatic carbocycles. The van der Waals surface area contributed by atoms with Gasteiger partial charge in [-0.05, 0) is 23.6 Å². The van der Waals surface area contributed by atoms with Crippen molar-refractivity contribution < 1.29 is 4.58 Å². The molecule has 0 bridgehead atoms. The summed E-state index contributed by atoms with van der Waals surface area (Å²) in [7, 11) is 6.65. The van der Waals surface area contributed by atoms with Crippen LogP contribution < -0.4 is 0 Å². The van der Waals surface area contributed by atoms with E-state index in [0.717, 1.165) is 0 Å². The average Bonchev–Trinajstić information content (AvgIpc) is 3.04. The van der Waals surface area contributed by atoms with Crippen molar-refractivity contribution in [3.63, 3.8) is 0 Å². The van der Waals surface area contributed by atoms with Gasteiger partial charge < -0.3 is 0 Å². The molecule has 0 unspecified atom stereocenters. The smallest absolute Gasteiger partial charge is 0.261 e. The fourth-order valence-electron chi connectivity index (χ4n) is 4.66. The van der Waals surface area contributed by atoms with Crippen molar-refractivity contribution in [3.05, 3.63) is 108 Å². The molecule has 148 valence electrons. The SMILES string of the molecule is C[C@@H](c1ccccc1)N(C)C1=[N+](C)[C@@H](c2ccccc2)[C@H](c2ccccc2)N1C. The van der Waals surface area contributed by atoms with E-state index in [4.69, 9.17) is 0 Å². The first kappa shape index (κ1) is 19.3. The highest BCUT2D eigenvalue weighted by Gasteiger charge is 2.47. The van der Waals surface area contributed by atoms with Crippen molar-refractivity contribution >= 4 is 5.96 Å². The van der Waals surface area contributed by atoms with Gasteiger partial charge in [0.05, 0.1) is 27.2 Å². The highest BCUT2D eigenvalue weighted by Crippen LogP contribution is 2.41. The average molecular weight is 385 g/mol. The third-order valence-corrected chi connectivity index (χ3v) is 6.23. The minimum atomic E-state index is 0.254. The summed E-state index contributed by atoms with van der Waals surface area (Å²) in [5.41, 5.74) is 4.00. The predicted octanol–water partition coefficient (Wildman–Crippen LogP) is 5.11. The van der Waals surface area contributed by atoms with Crippen molar-refractivity contribution in [2.45, 2.75) is 25.0 Å². The van der Waals surface area contributed by atoms with Gasteiger partial charge in [-0.3, -0.25) is 14.4 Å². The van der Waals surface area contributed by atoms with Gasteiger partial charge in [0, 0.05) is 0 Å². The molecule has 0 saturated carbocycles. The molecule has 0 aromatic heterocycles. The van der Waals surface area contributed by atoms with Crippen molar-refractivity contribution in [1.29, 1.82) is 0 Å². The summed E-state index contributed by atoms with van der Waals surface area (Å²) in [5, 5.41) is 0. The lowest BCUT2D eigenvalue weighted by Crippen LogP contribution is -2.42. The molecule has 3 atom stereocenters. The first-order chi connectivity index (χ1) is 14.1. The Morgan fingerprint density at radius 2 is 1.28 bits per heavy atom. The quantitative estimate of drug-likeness (QED) is 0.579. The first-order valence-electron chi connectivity index (χ1n) is 10.3. The Labute approximate surface area is 174 Å². The summed E-state index contributed by atoms with van der Waals surface area (Å²) < 4.78 is 2.44. The summed E-state index contributed by atoms with van der Waals surface area (Å²) in [6.07, 6.45) is 0. The lowest BCUT2D eigenvalue weighted by atomic mass is 9.93. The highest BCUT2D eigenvalue weighted by atomic mass is 15.5. The monoisotopic (exact) mass is 384 g/mol. The predicted molar refractivity (Wildman–Crippen MR) is 120 cm³/mol. The van der Waals surface area contributed by atoms with Gasteiger partial charge in [0.1, 0.15) is 12.1 Å². The van der Waals surface area contributed by atoms with E-state index in [1.54, 1.807) is 0 Å². The van der Waals surface area contributed by atoms with E-state index < -0.39 is 0 Å². The fourth-order valence-corrected chi connectivity index (χ4v) is 4.66. The number of hydrogen-bond acceptors (Lipinski definition) is 2. The van der Waals surface area contributed by atoms with Crippen LogP contribution in [0.25, 0.3) is 0 Å². The summed E-state index contributed by atoms with van der Waals surface area (Å²) in [6.45, 7) is 2.28. The minimum Gasteiger partial charge on any atom is -0.261 e. The molecule has 4 rings (SSSR count). The summed E-state index contributed by atoms with van der Waals surface area (Å²) in [4.78, 5) is 4.83. The highest BCUT2D eigenvalue weighted by molar-refractivity contribution is 5.77. The second-order valence-electron chi connectivity index (χ2n) is 7.93. The topological polar surface area (TPSA) is 9.49 Å². The Balaban J connectivity index is 1.78. The van der Waals surface area contributed by atoms with Crippen LogP contribution in [0.3, 0.4) is 0 Å². The van der Waals surface area contributed by atoms with Crippen LogP contribution in [0.5, 0.6) is 0 Å². The van der Waals surface area contributed by atoms with Gasteiger partial charge >= 0.3 is 5.96 Å². The minimum absolute atomic E-state index is 0.254. The van der Waals surface area contributed by atoms with Crippen LogP contribution in [0.1, 0.15) is 41.7 Å². The van der Waals surface area contributed by atoms with Gasteiger partial charge in [-0.25, -0.2) is 0 Å². The largest absolute Gasteiger partial charge is 0.351 e. The normalized spacial score (nSPS) is 20.1. The molecule has 3 nitrogen and oxygen atoms in total. The molecule has 0 spiro atoms. The van der Waals surface area contributed by atoms with E-state index >= 15 is 0 Å². The number of rotatable bonds is 4. The molecule has 1 heterocycles. The molecule has 0 fully saturated rings. The van der Waals surface area contributed by atoms with E-state index in [2.05, 4.69) is 133 Å². The van der Waals surface area contributed by atoms with E-state index in [1.807, 2.05) is 0 Å². The molecular weight excluding hydrogens is 354 g/mol. The Bertz CT molecular complexity index is 967. The lowest BCUT2D eigenvalue weighted by Gasteiger charge is -2.27. The van der Waals surface area contributed by atoms with E-state index in [-0.39, 0.29) is 18.1 Å². The molecule has 29 heavy (non-hydrogen) atoms. The molecule has 1 aliphatic heterocycles. The van der Waals surface area contributed by atoms with Gasteiger partial charge in [-0.15, -0.1) is 0 Å². The molecule has 0 radical (unpaired) electrons. The maximum atomic E-state index is 2.44. The maximum Gasteiger partial charge on any atom is 0.351 e. The number of hydrogen-bond donors (Lipinski definition) is 0. The number of benzene rings is 3.